The second kappa shape index (κ2) is 8.52. The number of furan rings is 1. The van der Waals surface area contributed by atoms with Crippen molar-refractivity contribution in [3.8, 4) is 22.8 Å². The van der Waals surface area contributed by atoms with Gasteiger partial charge in [-0.05, 0) is 24.3 Å². The number of fused-ring (bicyclic) bond motifs is 1. The summed E-state index contributed by atoms with van der Waals surface area (Å²) in [5.41, 5.74) is 5.75. The molecule has 1 aromatic heterocycles. The van der Waals surface area contributed by atoms with E-state index in [1.807, 2.05) is 48.5 Å². The minimum atomic E-state index is -0.830. The van der Waals surface area contributed by atoms with Gasteiger partial charge in [-0.3, -0.25) is 20.4 Å². The number of hydrazine groups is 1. The molecular formula is C22H20N2O5. The van der Waals surface area contributed by atoms with Gasteiger partial charge in [0, 0.05) is 18.4 Å². The number of ether oxygens (including phenoxy) is 2. The fourth-order valence-corrected chi connectivity index (χ4v) is 2.93. The molecular weight excluding hydrogens is 372 g/mol. The van der Waals surface area contributed by atoms with Gasteiger partial charge in [0.2, 0.25) is 12.0 Å². The zero-order valence-electron chi connectivity index (χ0n) is 15.6. The predicted molar refractivity (Wildman–Crippen MR) is 105 cm³/mol. The largest absolute Gasteiger partial charge is 0.485 e. The lowest BCUT2D eigenvalue weighted by molar-refractivity contribution is -0.135. The molecule has 29 heavy (non-hydrogen) atoms. The van der Waals surface area contributed by atoms with Crippen LogP contribution in [0.3, 0.4) is 0 Å². The van der Waals surface area contributed by atoms with E-state index in [1.54, 1.807) is 18.2 Å². The monoisotopic (exact) mass is 392 g/mol. The average molecular weight is 392 g/mol. The Balaban J connectivity index is 1.23. The first-order valence-corrected chi connectivity index (χ1v) is 9.30. The highest BCUT2D eigenvalue weighted by Crippen LogP contribution is 2.30. The molecule has 2 N–H and O–H groups in total. The molecule has 2 aromatic carbocycles. The van der Waals surface area contributed by atoms with Crippen LogP contribution in [0.25, 0.3) is 11.3 Å². The summed E-state index contributed by atoms with van der Waals surface area (Å²) in [6, 6.07) is 20.6. The van der Waals surface area contributed by atoms with Crippen molar-refractivity contribution < 1.29 is 23.5 Å². The average Bonchev–Trinajstić information content (AvgIpc) is 3.25. The molecule has 7 heteroatoms. The zero-order valence-corrected chi connectivity index (χ0v) is 15.6. The van der Waals surface area contributed by atoms with E-state index in [-0.39, 0.29) is 18.9 Å². The maximum atomic E-state index is 12.2. The van der Waals surface area contributed by atoms with E-state index in [1.165, 1.54) is 0 Å². The van der Waals surface area contributed by atoms with Crippen LogP contribution in [-0.2, 0) is 16.0 Å². The van der Waals surface area contributed by atoms with Gasteiger partial charge in [-0.1, -0.05) is 42.5 Å². The first-order valence-electron chi connectivity index (χ1n) is 9.30. The molecule has 0 fully saturated rings. The second-order valence-corrected chi connectivity index (χ2v) is 6.53. The summed E-state index contributed by atoms with van der Waals surface area (Å²) < 4.78 is 16.9. The molecule has 2 heterocycles. The number of para-hydroxylation sites is 2. The molecule has 0 saturated heterocycles. The van der Waals surface area contributed by atoms with Crippen molar-refractivity contribution in [2.24, 2.45) is 0 Å². The molecule has 3 aromatic rings. The number of amides is 2. The summed E-state index contributed by atoms with van der Waals surface area (Å²) in [5, 5.41) is 0. The van der Waals surface area contributed by atoms with Crippen molar-refractivity contribution in [3.63, 3.8) is 0 Å². The van der Waals surface area contributed by atoms with Crippen molar-refractivity contribution in [1.82, 2.24) is 10.9 Å². The maximum absolute atomic E-state index is 12.2. The number of carbonyl (C=O) groups is 2. The minimum Gasteiger partial charge on any atom is -0.485 e. The fraction of sp³-hybridized carbons (Fsp3) is 0.182. The molecule has 1 atom stereocenters. The van der Waals surface area contributed by atoms with Crippen LogP contribution in [0.1, 0.15) is 12.2 Å². The molecule has 7 nitrogen and oxygen atoms in total. The Bertz CT molecular complexity index is 999. The summed E-state index contributed by atoms with van der Waals surface area (Å²) >= 11 is 0. The van der Waals surface area contributed by atoms with Gasteiger partial charge in [0.15, 0.2) is 11.5 Å². The van der Waals surface area contributed by atoms with Gasteiger partial charge in [0.1, 0.15) is 18.1 Å². The SMILES string of the molecule is O=C(CCc1ccc(-c2ccccc2)o1)NNC(=O)C1COc2ccccc2O1. The van der Waals surface area contributed by atoms with Crippen molar-refractivity contribution in [3.05, 3.63) is 72.5 Å². The lowest BCUT2D eigenvalue weighted by atomic mass is 10.2. The highest BCUT2D eigenvalue weighted by Gasteiger charge is 2.27. The summed E-state index contributed by atoms with van der Waals surface area (Å²) in [5.74, 6) is 1.74. The van der Waals surface area contributed by atoms with E-state index in [9.17, 15) is 9.59 Å². The summed E-state index contributed by atoms with van der Waals surface area (Å²) in [4.78, 5) is 24.2. The van der Waals surface area contributed by atoms with Crippen LogP contribution in [0.2, 0.25) is 0 Å². The molecule has 1 aliphatic heterocycles. The fourth-order valence-electron chi connectivity index (χ4n) is 2.93. The molecule has 2 amide bonds. The third-order valence-corrected chi connectivity index (χ3v) is 4.44. The Morgan fingerprint density at radius 3 is 2.48 bits per heavy atom. The van der Waals surface area contributed by atoms with Crippen LogP contribution in [-0.4, -0.2) is 24.5 Å². The van der Waals surface area contributed by atoms with E-state index in [4.69, 9.17) is 13.9 Å². The Hall–Kier alpha value is -3.74. The third kappa shape index (κ3) is 4.57. The van der Waals surface area contributed by atoms with Crippen LogP contribution in [0, 0.1) is 0 Å². The Morgan fingerprint density at radius 2 is 1.66 bits per heavy atom. The van der Waals surface area contributed by atoms with Gasteiger partial charge in [-0.15, -0.1) is 0 Å². The number of hydrogen-bond acceptors (Lipinski definition) is 5. The molecule has 0 radical (unpaired) electrons. The van der Waals surface area contributed by atoms with Crippen molar-refractivity contribution in [2.75, 3.05) is 6.61 Å². The molecule has 1 aliphatic rings. The van der Waals surface area contributed by atoms with Gasteiger partial charge in [0.25, 0.3) is 5.91 Å². The second-order valence-electron chi connectivity index (χ2n) is 6.53. The van der Waals surface area contributed by atoms with Gasteiger partial charge in [-0.25, -0.2) is 0 Å². The zero-order chi connectivity index (χ0) is 20.1. The molecule has 148 valence electrons. The predicted octanol–water partition coefficient (Wildman–Crippen LogP) is 2.87. The first kappa shape index (κ1) is 18.6. The third-order valence-electron chi connectivity index (χ3n) is 4.44. The smallest absolute Gasteiger partial charge is 0.283 e. The van der Waals surface area contributed by atoms with Crippen molar-refractivity contribution in [1.29, 1.82) is 0 Å². The Labute approximate surface area is 167 Å². The standard InChI is InChI=1S/C22H20N2O5/c25-21(13-11-16-10-12-17(28-16)15-6-2-1-3-7-15)23-24-22(26)20-14-27-18-8-4-5-9-19(18)29-20/h1-10,12,20H,11,13-14H2,(H,23,25)(H,24,26). The highest BCUT2D eigenvalue weighted by atomic mass is 16.6. The van der Waals surface area contributed by atoms with E-state index < -0.39 is 12.0 Å². The molecule has 0 bridgehead atoms. The first-order chi connectivity index (χ1) is 14.2. The summed E-state index contributed by atoms with van der Waals surface area (Å²) in [6.45, 7) is 0.0768. The van der Waals surface area contributed by atoms with E-state index >= 15 is 0 Å². The van der Waals surface area contributed by atoms with Crippen molar-refractivity contribution >= 4 is 11.8 Å². The van der Waals surface area contributed by atoms with Crippen LogP contribution >= 0.6 is 0 Å². The summed E-state index contributed by atoms with van der Waals surface area (Å²) in [7, 11) is 0. The van der Waals surface area contributed by atoms with E-state index in [0.717, 1.165) is 11.3 Å². The number of benzene rings is 2. The van der Waals surface area contributed by atoms with Gasteiger partial charge in [-0.2, -0.15) is 0 Å². The van der Waals surface area contributed by atoms with Crippen LogP contribution in [0.4, 0.5) is 0 Å². The topological polar surface area (TPSA) is 89.8 Å². The molecule has 1 unspecified atom stereocenters. The lowest BCUT2D eigenvalue weighted by Gasteiger charge is -2.25. The van der Waals surface area contributed by atoms with Gasteiger partial charge in [0.05, 0.1) is 0 Å². The number of aryl methyl sites for hydroxylation is 1. The normalized spacial score (nSPS) is 14.8. The molecule has 0 aliphatic carbocycles. The molecule has 0 saturated carbocycles. The summed E-state index contributed by atoms with van der Waals surface area (Å²) in [6.07, 6.45) is -0.235. The Morgan fingerprint density at radius 1 is 0.897 bits per heavy atom. The van der Waals surface area contributed by atoms with Crippen LogP contribution in [0.5, 0.6) is 11.5 Å². The number of carbonyl (C=O) groups excluding carboxylic acids is 2. The van der Waals surface area contributed by atoms with Crippen molar-refractivity contribution in [2.45, 2.75) is 18.9 Å². The van der Waals surface area contributed by atoms with E-state index in [0.29, 0.717) is 23.7 Å². The van der Waals surface area contributed by atoms with E-state index in [2.05, 4.69) is 10.9 Å². The number of hydrogen-bond donors (Lipinski definition) is 2. The highest BCUT2D eigenvalue weighted by molar-refractivity contribution is 5.85. The van der Waals surface area contributed by atoms with Gasteiger partial charge < -0.3 is 13.9 Å². The minimum absolute atomic E-state index is 0.0768. The maximum Gasteiger partial charge on any atom is 0.283 e. The molecule has 4 rings (SSSR count). The number of rotatable bonds is 5. The van der Waals surface area contributed by atoms with Crippen LogP contribution in [0.15, 0.2) is 71.1 Å². The quantitative estimate of drug-likeness (QED) is 0.652. The molecule has 0 spiro atoms. The van der Waals surface area contributed by atoms with Crippen LogP contribution < -0.4 is 20.3 Å². The lowest BCUT2D eigenvalue weighted by Crippen LogP contribution is -2.50. The van der Waals surface area contributed by atoms with Gasteiger partial charge >= 0.3 is 0 Å². The number of nitrogens with one attached hydrogen (secondary N) is 2. The Kier molecular flexibility index (Phi) is 5.47.